The summed E-state index contributed by atoms with van der Waals surface area (Å²) in [5.41, 5.74) is 7.43. The quantitative estimate of drug-likeness (QED) is 0.865. The van der Waals surface area contributed by atoms with Crippen molar-refractivity contribution in [2.75, 3.05) is 32.7 Å². The summed E-state index contributed by atoms with van der Waals surface area (Å²) in [6.45, 7) is 9.82. The molecule has 5 nitrogen and oxygen atoms in total. The van der Waals surface area contributed by atoms with Crippen molar-refractivity contribution in [2.24, 2.45) is 5.73 Å². The lowest BCUT2D eigenvalue weighted by molar-refractivity contribution is 0.0720. The van der Waals surface area contributed by atoms with Crippen LogP contribution in [0.25, 0.3) is 0 Å². The first-order chi connectivity index (χ1) is 10.2. The van der Waals surface area contributed by atoms with Gasteiger partial charge in [-0.25, -0.2) is 4.98 Å². The minimum Gasteiger partial charge on any atom is -0.330 e. The topological polar surface area (TPSA) is 50.3 Å². The molecule has 0 radical (unpaired) electrons. The summed E-state index contributed by atoms with van der Waals surface area (Å²) in [4.78, 5) is 9.52. The third kappa shape index (κ3) is 3.15. The Labute approximate surface area is 128 Å². The van der Waals surface area contributed by atoms with E-state index >= 15 is 0 Å². The van der Waals surface area contributed by atoms with Crippen molar-refractivity contribution in [1.82, 2.24) is 19.4 Å². The Morgan fingerprint density at radius 3 is 2.48 bits per heavy atom. The molecule has 2 unspecified atom stereocenters. The van der Waals surface area contributed by atoms with Gasteiger partial charge in [0.1, 0.15) is 0 Å². The summed E-state index contributed by atoms with van der Waals surface area (Å²) in [6, 6.07) is 1.70. The monoisotopic (exact) mass is 291 g/mol. The number of piperazine rings is 1. The number of nitrogens with two attached hydrogens (primary N) is 1. The summed E-state index contributed by atoms with van der Waals surface area (Å²) in [7, 11) is 0. The molecule has 2 heterocycles. The standard InChI is InChI=1S/C16H29N5/c1-3-13(2)19-6-8-20(9-7-19)15(10-17)16-11-18-12-21(16)14-4-5-14/h11-15H,3-10,17H2,1-2H3. The highest BCUT2D eigenvalue weighted by molar-refractivity contribution is 5.10. The Kier molecular flexibility index (Phi) is 4.62. The maximum Gasteiger partial charge on any atom is 0.0951 e. The van der Waals surface area contributed by atoms with Crippen molar-refractivity contribution < 1.29 is 0 Å². The second-order valence-electron chi connectivity index (χ2n) is 6.54. The largest absolute Gasteiger partial charge is 0.330 e. The van der Waals surface area contributed by atoms with Crippen LogP contribution < -0.4 is 5.73 Å². The van der Waals surface area contributed by atoms with Gasteiger partial charge < -0.3 is 10.3 Å². The van der Waals surface area contributed by atoms with Crippen LogP contribution in [0.2, 0.25) is 0 Å². The smallest absolute Gasteiger partial charge is 0.0951 e. The molecule has 1 saturated carbocycles. The Balaban J connectivity index is 1.66. The molecule has 2 N–H and O–H groups in total. The molecule has 1 saturated heterocycles. The minimum absolute atomic E-state index is 0.326. The zero-order valence-electron chi connectivity index (χ0n) is 13.4. The van der Waals surface area contributed by atoms with Crippen LogP contribution >= 0.6 is 0 Å². The highest BCUT2D eigenvalue weighted by Crippen LogP contribution is 2.37. The van der Waals surface area contributed by atoms with Gasteiger partial charge in [0.15, 0.2) is 0 Å². The summed E-state index contributed by atoms with van der Waals surface area (Å²) >= 11 is 0. The van der Waals surface area contributed by atoms with Crippen molar-refractivity contribution in [1.29, 1.82) is 0 Å². The summed E-state index contributed by atoms with van der Waals surface area (Å²) in [6.07, 6.45) is 7.83. The van der Waals surface area contributed by atoms with E-state index in [1.54, 1.807) is 0 Å². The van der Waals surface area contributed by atoms with Gasteiger partial charge in [-0.15, -0.1) is 0 Å². The van der Waals surface area contributed by atoms with Gasteiger partial charge in [-0.05, 0) is 26.2 Å². The normalized spacial score (nSPS) is 24.1. The zero-order chi connectivity index (χ0) is 14.8. The molecule has 5 heteroatoms. The summed E-state index contributed by atoms with van der Waals surface area (Å²) in [5, 5.41) is 0. The Morgan fingerprint density at radius 1 is 1.24 bits per heavy atom. The van der Waals surface area contributed by atoms with E-state index in [1.807, 2.05) is 12.5 Å². The molecule has 1 aliphatic carbocycles. The van der Waals surface area contributed by atoms with Crippen LogP contribution in [-0.4, -0.2) is 58.1 Å². The van der Waals surface area contributed by atoms with Crippen LogP contribution in [0.15, 0.2) is 12.5 Å². The number of hydrogen-bond acceptors (Lipinski definition) is 4. The number of rotatable bonds is 6. The van der Waals surface area contributed by atoms with Crippen molar-refractivity contribution in [3.63, 3.8) is 0 Å². The van der Waals surface area contributed by atoms with Crippen LogP contribution in [0.4, 0.5) is 0 Å². The van der Waals surface area contributed by atoms with E-state index in [1.165, 1.54) is 25.0 Å². The fraction of sp³-hybridized carbons (Fsp3) is 0.812. The fourth-order valence-corrected chi connectivity index (χ4v) is 3.44. The molecule has 2 aliphatic rings. The molecular weight excluding hydrogens is 262 g/mol. The molecular formula is C16H29N5. The van der Waals surface area contributed by atoms with Gasteiger partial charge in [-0.3, -0.25) is 9.80 Å². The minimum atomic E-state index is 0.326. The van der Waals surface area contributed by atoms with Crippen LogP contribution in [0.3, 0.4) is 0 Å². The van der Waals surface area contributed by atoms with E-state index in [0.29, 0.717) is 24.7 Å². The molecule has 1 aromatic heterocycles. The van der Waals surface area contributed by atoms with Gasteiger partial charge >= 0.3 is 0 Å². The van der Waals surface area contributed by atoms with E-state index in [9.17, 15) is 0 Å². The Hall–Kier alpha value is -0.910. The highest BCUT2D eigenvalue weighted by Gasteiger charge is 2.31. The van der Waals surface area contributed by atoms with E-state index < -0.39 is 0 Å². The Bertz CT molecular complexity index is 445. The van der Waals surface area contributed by atoms with Crippen molar-refractivity contribution >= 4 is 0 Å². The molecule has 3 rings (SSSR count). The fourth-order valence-electron chi connectivity index (χ4n) is 3.44. The van der Waals surface area contributed by atoms with Gasteiger partial charge in [0.2, 0.25) is 0 Å². The lowest BCUT2D eigenvalue weighted by Crippen LogP contribution is -2.51. The molecule has 21 heavy (non-hydrogen) atoms. The molecule has 1 aromatic rings. The van der Waals surface area contributed by atoms with Crippen LogP contribution in [0.5, 0.6) is 0 Å². The number of aromatic nitrogens is 2. The first kappa shape index (κ1) is 15.0. The second kappa shape index (κ2) is 6.46. The maximum absolute atomic E-state index is 6.11. The van der Waals surface area contributed by atoms with E-state index in [2.05, 4.69) is 33.2 Å². The predicted molar refractivity (Wildman–Crippen MR) is 85.2 cm³/mol. The van der Waals surface area contributed by atoms with Crippen molar-refractivity contribution in [3.8, 4) is 0 Å². The summed E-state index contributed by atoms with van der Waals surface area (Å²) < 4.78 is 2.36. The van der Waals surface area contributed by atoms with Gasteiger partial charge in [-0.2, -0.15) is 0 Å². The SMILES string of the molecule is CCC(C)N1CCN(C(CN)c2cncn2C2CC2)CC1. The molecule has 0 amide bonds. The van der Waals surface area contributed by atoms with E-state index in [4.69, 9.17) is 5.73 Å². The van der Waals surface area contributed by atoms with Gasteiger partial charge in [0.05, 0.1) is 18.1 Å². The molecule has 2 fully saturated rings. The maximum atomic E-state index is 6.11. The number of hydrogen-bond donors (Lipinski definition) is 1. The van der Waals surface area contributed by atoms with Crippen LogP contribution in [-0.2, 0) is 0 Å². The zero-order valence-corrected chi connectivity index (χ0v) is 13.4. The molecule has 0 spiro atoms. The van der Waals surface area contributed by atoms with Gasteiger partial charge in [-0.1, -0.05) is 6.92 Å². The third-order valence-corrected chi connectivity index (χ3v) is 5.20. The van der Waals surface area contributed by atoms with Gasteiger partial charge in [0, 0.05) is 51.0 Å². The lowest BCUT2D eigenvalue weighted by Gasteiger charge is -2.41. The van der Waals surface area contributed by atoms with Crippen molar-refractivity contribution in [3.05, 3.63) is 18.2 Å². The highest BCUT2D eigenvalue weighted by atomic mass is 15.3. The van der Waals surface area contributed by atoms with Crippen molar-refractivity contribution in [2.45, 2.75) is 51.2 Å². The number of nitrogens with zero attached hydrogens (tertiary/aromatic N) is 4. The molecule has 118 valence electrons. The van der Waals surface area contributed by atoms with Gasteiger partial charge in [0.25, 0.3) is 0 Å². The average molecular weight is 291 g/mol. The predicted octanol–water partition coefficient (Wildman–Crippen LogP) is 1.63. The average Bonchev–Trinajstić information content (AvgIpc) is 3.27. The van der Waals surface area contributed by atoms with E-state index in [0.717, 1.165) is 26.2 Å². The summed E-state index contributed by atoms with van der Waals surface area (Å²) in [5.74, 6) is 0. The molecule has 0 aromatic carbocycles. The van der Waals surface area contributed by atoms with E-state index in [-0.39, 0.29) is 0 Å². The van der Waals surface area contributed by atoms with Crippen LogP contribution in [0.1, 0.15) is 50.9 Å². The first-order valence-corrected chi connectivity index (χ1v) is 8.44. The molecule has 2 atom stereocenters. The second-order valence-corrected chi connectivity index (χ2v) is 6.54. The first-order valence-electron chi connectivity index (χ1n) is 8.44. The lowest BCUT2D eigenvalue weighted by atomic mass is 10.1. The third-order valence-electron chi connectivity index (χ3n) is 5.20. The molecule has 1 aliphatic heterocycles. The number of imidazole rings is 1. The van der Waals surface area contributed by atoms with Crippen LogP contribution in [0, 0.1) is 0 Å². The Morgan fingerprint density at radius 2 is 1.90 bits per heavy atom. The molecule has 0 bridgehead atoms.